The first-order valence-corrected chi connectivity index (χ1v) is 4.78. The van der Waals surface area contributed by atoms with Crippen LogP contribution in [0.5, 0.6) is 0 Å². The SMILES string of the molecule is COC(=O)CNC(=O)NC(C)CCC(=O)O. The first-order valence-electron chi connectivity index (χ1n) is 4.78. The second-order valence-electron chi connectivity index (χ2n) is 3.24. The summed E-state index contributed by atoms with van der Waals surface area (Å²) in [5.74, 6) is -1.46. The van der Waals surface area contributed by atoms with Crippen LogP contribution in [0.3, 0.4) is 0 Å². The van der Waals surface area contributed by atoms with Crippen molar-refractivity contribution in [3.05, 3.63) is 0 Å². The van der Waals surface area contributed by atoms with Gasteiger partial charge < -0.3 is 20.5 Å². The molecule has 7 nitrogen and oxygen atoms in total. The number of nitrogens with one attached hydrogen (secondary N) is 2. The van der Waals surface area contributed by atoms with Crippen LogP contribution in [-0.2, 0) is 14.3 Å². The zero-order valence-corrected chi connectivity index (χ0v) is 9.28. The Labute approximate surface area is 93.2 Å². The molecule has 1 unspecified atom stereocenters. The molecule has 0 aliphatic heterocycles. The van der Waals surface area contributed by atoms with E-state index in [1.807, 2.05) is 0 Å². The summed E-state index contributed by atoms with van der Waals surface area (Å²) >= 11 is 0. The summed E-state index contributed by atoms with van der Waals surface area (Å²) in [6, 6.07) is -0.794. The van der Waals surface area contributed by atoms with E-state index >= 15 is 0 Å². The summed E-state index contributed by atoms with van der Waals surface area (Å²) in [6.45, 7) is 1.47. The number of methoxy groups -OCH3 is 1. The van der Waals surface area contributed by atoms with Gasteiger partial charge in [0.1, 0.15) is 6.54 Å². The van der Waals surface area contributed by atoms with Crippen molar-refractivity contribution in [1.29, 1.82) is 0 Å². The van der Waals surface area contributed by atoms with Crippen molar-refractivity contribution in [2.24, 2.45) is 0 Å². The molecule has 0 rings (SSSR count). The minimum atomic E-state index is -0.913. The second kappa shape index (κ2) is 7.49. The number of urea groups is 1. The van der Waals surface area contributed by atoms with Gasteiger partial charge in [0, 0.05) is 12.5 Å². The van der Waals surface area contributed by atoms with Crippen LogP contribution in [0.25, 0.3) is 0 Å². The van der Waals surface area contributed by atoms with Crippen molar-refractivity contribution < 1.29 is 24.2 Å². The molecule has 16 heavy (non-hydrogen) atoms. The topological polar surface area (TPSA) is 105 Å². The number of carbonyl (C=O) groups excluding carboxylic acids is 2. The fraction of sp³-hybridized carbons (Fsp3) is 0.667. The van der Waals surface area contributed by atoms with Gasteiger partial charge in [-0.3, -0.25) is 9.59 Å². The number of hydrogen-bond donors (Lipinski definition) is 3. The predicted molar refractivity (Wildman–Crippen MR) is 54.9 cm³/mol. The van der Waals surface area contributed by atoms with Gasteiger partial charge in [-0.05, 0) is 13.3 Å². The smallest absolute Gasteiger partial charge is 0.325 e. The van der Waals surface area contributed by atoms with Gasteiger partial charge in [0.05, 0.1) is 7.11 Å². The maximum atomic E-state index is 11.1. The van der Waals surface area contributed by atoms with Crippen LogP contribution < -0.4 is 10.6 Å². The minimum absolute atomic E-state index is 0.0154. The molecule has 0 aromatic carbocycles. The van der Waals surface area contributed by atoms with E-state index in [1.165, 1.54) is 7.11 Å². The number of esters is 1. The molecule has 1 atom stereocenters. The molecule has 0 radical (unpaired) electrons. The highest BCUT2D eigenvalue weighted by molar-refractivity contribution is 5.80. The van der Waals surface area contributed by atoms with Gasteiger partial charge in [-0.25, -0.2) is 4.79 Å². The Morgan fingerprint density at radius 3 is 2.50 bits per heavy atom. The summed E-state index contributed by atoms with van der Waals surface area (Å²) in [6.07, 6.45) is 0.319. The number of ether oxygens (including phenoxy) is 1. The number of hydrogen-bond acceptors (Lipinski definition) is 4. The average molecular weight is 232 g/mol. The second-order valence-corrected chi connectivity index (χ2v) is 3.24. The highest BCUT2D eigenvalue weighted by Crippen LogP contribution is 1.95. The highest BCUT2D eigenvalue weighted by Gasteiger charge is 2.09. The van der Waals surface area contributed by atoms with E-state index < -0.39 is 18.0 Å². The van der Waals surface area contributed by atoms with Gasteiger partial charge in [0.15, 0.2) is 0 Å². The van der Waals surface area contributed by atoms with E-state index in [-0.39, 0.29) is 19.0 Å². The summed E-state index contributed by atoms with van der Waals surface area (Å²) in [4.78, 5) is 32.1. The molecule has 0 aromatic heterocycles. The van der Waals surface area contributed by atoms with Crippen molar-refractivity contribution in [2.45, 2.75) is 25.8 Å². The summed E-state index contributed by atoms with van der Waals surface area (Å²) in [5, 5.41) is 13.2. The first-order chi connectivity index (χ1) is 7.45. The van der Waals surface area contributed by atoms with Gasteiger partial charge in [0.2, 0.25) is 0 Å². The summed E-state index contributed by atoms with van der Waals surface area (Å²) in [5.41, 5.74) is 0. The van der Waals surface area contributed by atoms with Gasteiger partial charge in [-0.1, -0.05) is 0 Å². The number of amides is 2. The summed E-state index contributed by atoms with van der Waals surface area (Å²) < 4.78 is 4.33. The molecule has 2 amide bonds. The molecule has 0 spiro atoms. The lowest BCUT2D eigenvalue weighted by molar-refractivity contribution is -0.139. The molecule has 0 fully saturated rings. The normalized spacial score (nSPS) is 11.4. The number of rotatable bonds is 6. The van der Waals surface area contributed by atoms with Crippen molar-refractivity contribution in [3.63, 3.8) is 0 Å². The number of aliphatic carboxylic acids is 1. The van der Waals surface area contributed by atoms with Crippen LogP contribution in [0.2, 0.25) is 0 Å². The fourth-order valence-electron chi connectivity index (χ4n) is 0.912. The van der Waals surface area contributed by atoms with E-state index in [1.54, 1.807) is 6.92 Å². The zero-order chi connectivity index (χ0) is 12.6. The predicted octanol–water partition coefficient (Wildman–Crippen LogP) is -0.288. The van der Waals surface area contributed by atoms with Crippen molar-refractivity contribution in [2.75, 3.05) is 13.7 Å². The molecule has 0 aromatic rings. The molecule has 92 valence electrons. The van der Waals surface area contributed by atoms with Crippen LogP contribution in [-0.4, -0.2) is 42.8 Å². The van der Waals surface area contributed by atoms with E-state index in [0.717, 1.165) is 0 Å². The standard InChI is InChI=1S/C9H16N2O5/c1-6(3-4-7(12)13)11-9(15)10-5-8(14)16-2/h6H,3-5H2,1-2H3,(H,12,13)(H2,10,11,15). The molecule has 0 saturated heterocycles. The Bertz CT molecular complexity index is 267. The molecule has 3 N–H and O–H groups in total. The van der Waals surface area contributed by atoms with Gasteiger partial charge >= 0.3 is 18.0 Å². The van der Waals surface area contributed by atoms with Crippen LogP contribution in [0.4, 0.5) is 4.79 Å². The third-order valence-electron chi connectivity index (χ3n) is 1.79. The Morgan fingerprint density at radius 2 is 2.00 bits per heavy atom. The maximum absolute atomic E-state index is 11.1. The molecule has 0 heterocycles. The van der Waals surface area contributed by atoms with E-state index in [9.17, 15) is 14.4 Å². The highest BCUT2D eigenvalue weighted by atomic mass is 16.5. The van der Waals surface area contributed by atoms with Crippen LogP contribution in [0.15, 0.2) is 0 Å². The van der Waals surface area contributed by atoms with Crippen molar-refractivity contribution in [3.8, 4) is 0 Å². The fourth-order valence-corrected chi connectivity index (χ4v) is 0.912. The first kappa shape index (κ1) is 14.2. The molecule has 0 bridgehead atoms. The van der Waals surface area contributed by atoms with Gasteiger partial charge in [0.25, 0.3) is 0 Å². The van der Waals surface area contributed by atoms with Crippen LogP contribution in [0, 0.1) is 0 Å². The lowest BCUT2D eigenvalue weighted by atomic mass is 10.2. The molecule has 7 heteroatoms. The van der Waals surface area contributed by atoms with Crippen LogP contribution in [0.1, 0.15) is 19.8 Å². The molecule has 0 aliphatic rings. The lowest BCUT2D eigenvalue weighted by Gasteiger charge is -2.12. The number of carboxylic acids is 1. The van der Waals surface area contributed by atoms with E-state index in [4.69, 9.17) is 5.11 Å². The van der Waals surface area contributed by atoms with Crippen molar-refractivity contribution in [1.82, 2.24) is 10.6 Å². The largest absolute Gasteiger partial charge is 0.481 e. The van der Waals surface area contributed by atoms with E-state index in [0.29, 0.717) is 6.42 Å². The minimum Gasteiger partial charge on any atom is -0.481 e. The van der Waals surface area contributed by atoms with Crippen LogP contribution >= 0.6 is 0 Å². The third-order valence-corrected chi connectivity index (χ3v) is 1.79. The molecule has 0 aliphatic carbocycles. The zero-order valence-electron chi connectivity index (χ0n) is 9.28. The lowest BCUT2D eigenvalue weighted by Crippen LogP contribution is -2.43. The monoisotopic (exact) mass is 232 g/mol. The van der Waals surface area contributed by atoms with Crippen molar-refractivity contribution >= 4 is 18.0 Å². The molecular formula is C9H16N2O5. The molecule has 0 saturated carbocycles. The Kier molecular flexibility index (Phi) is 6.66. The van der Waals surface area contributed by atoms with Gasteiger partial charge in [-0.15, -0.1) is 0 Å². The number of carboxylic acid groups (broad SMARTS) is 1. The van der Waals surface area contributed by atoms with Gasteiger partial charge in [-0.2, -0.15) is 0 Å². The quantitative estimate of drug-likeness (QED) is 0.546. The Hall–Kier alpha value is -1.79. The molecular weight excluding hydrogens is 216 g/mol. The Morgan fingerprint density at radius 1 is 1.38 bits per heavy atom. The summed E-state index contributed by atoms with van der Waals surface area (Å²) in [7, 11) is 1.22. The Balaban J connectivity index is 3.69. The third kappa shape index (κ3) is 7.60. The number of carbonyl (C=O) groups is 3. The van der Waals surface area contributed by atoms with E-state index in [2.05, 4.69) is 15.4 Å². The maximum Gasteiger partial charge on any atom is 0.325 e. The average Bonchev–Trinajstić information content (AvgIpc) is 2.23.